The van der Waals surface area contributed by atoms with Crippen LogP contribution >= 0.6 is 11.6 Å². The average molecular weight is 475 g/mol. The Labute approximate surface area is 188 Å². The van der Waals surface area contributed by atoms with Gasteiger partial charge in [0.15, 0.2) is 11.6 Å². The first-order valence-corrected chi connectivity index (χ1v) is 10.2. The monoisotopic (exact) mass is 474 g/mol. The van der Waals surface area contributed by atoms with Crippen LogP contribution < -0.4 is 4.74 Å². The average Bonchev–Trinajstić information content (AvgIpc) is 2.79. The summed E-state index contributed by atoms with van der Waals surface area (Å²) in [5, 5.41) is 41.4. The number of aliphatic hydroxyl groups is 4. The van der Waals surface area contributed by atoms with E-state index in [2.05, 4.69) is 0 Å². The summed E-state index contributed by atoms with van der Waals surface area (Å²) in [4.78, 5) is 0. The van der Waals surface area contributed by atoms with Gasteiger partial charge in [-0.2, -0.15) is 4.39 Å². The molecule has 3 rings (SSSR count). The third-order valence-corrected chi connectivity index (χ3v) is 6.04. The van der Waals surface area contributed by atoms with Gasteiger partial charge in [-0.05, 0) is 28.8 Å². The molecule has 1 saturated heterocycles. The van der Waals surface area contributed by atoms with Crippen molar-refractivity contribution in [2.24, 2.45) is 0 Å². The van der Waals surface area contributed by atoms with Crippen LogP contribution in [0.2, 0.25) is 5.02 Å². The van der Waals surface area contributed by atoms with Crippen LogP contribution in [0, 0.1) is 11.6 Å². The summed E-state index contributed by atoms with van der Waals surface area (Å²) in [5.41, 5.74) is -0.883. The minimum atomic E-state index is -1.68. The zero-order chi connectivity index (χ0) is 23.6. The summed E-state index contributed by atoms with van der Waals surface area (Å²) >= 11 is 6.26. The highest BCUT2D eigenvalue weighted by Gasteiger charge is 2.53. The lowest BCUT2D eigenvalue weighted by Gasteiger charge is -2.48. The van der Waals surface area contributed by atoms with Crippen LogP contribution in [0.3, 0.4) is 0 Å². The van der Waals surface area contributed by atoms with E-state index in [-0.39, 0.29) is 29.4 Å². The number of hydrogen-bond acceptors (Lipinski definition) is 7. The van der Waals surface area contributed by atoms with Crippen molar-refractivity contribution in [1.82, 2.24) is 0 Å². The molecule has 5 atom stereocenters. The predicted octanol–water partition coefficient (Wildman–Crippen LogP) is 1.75. The SMILES string of the molecule is COCC1(CO)O[C@@H](c2ccc(Cl)c(Cc3ccc(OC)c(F)c3F)c2)[C@H](O)[C@@H](O)[C@@H]1O. The van der Waals surface area contributed by atoms with E-state index in [1.165, 1.54) is 44.6 Å². The quantitative estimate of drug-likeness (QED) is 0.484. The third-order valence-electron chi connectivity index (χ3n) is 5.67. The molecule has 2 aromatic rings. The molecule has 0 bridgehead atoms. The highest BCUT2D eigenvalue weighted by Crippen LogP contribution is 2.39. The van der Waals surface area contributed by atoms with Crippen LogP contribution in [0.25, 0.3) is 0 Å². The van der Waals surface area contributed by atoms with Crippen molar-refractivity contribution < 1.29 is 43.4 Å². The van der Waals surface area contributed by atoms with Crippen molar-refractivity contribution in [1.29, 1.82) is 0 Å². The lowest BCUT2D eigenvalue weighted by atomic mass is 9.83. The van der Waals surface area contributed by atoms with Crippen molar-refractivity contribution in [2.75, 3.05) is 27.4 Å². The molecule has 0 radical (unpaired) electrons. The molecule has 32 heavy (non-hydrogen) atoms. The Bertz CT molecular complexity index is 960. The second kappa shape index (κ2) is 9.96. The zero-order valence-corrected chi connectivity index (χ0v) is 18.2. The summed E-state index contributed by atoms with van der Waals surface area (Å²) in [7, 11) is 2.57. The summed E-state index contributed by atoms with van der Waals surface area (Å²) in [6.45, 7) is -0.930. The maximum absolute atomic E-state index is 14.4. The molecule has 7 nitrogen and oxygen atoms in total. The smallest absolute Gasteiger partial charge is 0.200 e. The topological polar surface area (TPSA) is 109 Å². The third kappa shape index (κ3) is 4.47. The van der Waals surface area contributed by atoms with E-state index in [1.54, 1.807) is 0 Å². The van der Waals surface area contributed by atoms with Crippen molar-refractivity contribution in [2.45, 2.75) is 36.4 Å². The molecule has 4 N–H and O–H groups in total. The second-order valence-electron chi connectivity index (χ2n) is 7.70. The number of hydrogen-bond donors (Lipinski definition) is 4. The Hall–Kier alpha value is -1.85. The van der Waals surface area contributed by atoms with E-state index in [0.717, 1.165) is 0 Å². The normalized spacial score (nSPS) is 28.0. The minimum Gasteiger partial charge on any atom is -0.494 e. The van der Waals surface area contributed by atoms with Gasteiger partial charge in [-0.1, -0.05) is 29.8 Å². The minimum absolute atomic E-state index is 0.0343. The first-order valence-electron chi connectivity index (χ1n) is 9.80. The van der Waals surface area contributed by atoms with Gasteiger partial charge in [-0.25, -0.2) is 4.39 Å². The number of methoxy groups -OCH3 is 2. The Morgan fingerprint density at radius 1 is 1.03 bits per heavy atom. The Morgan fingerprint density at radius 2 is 1.75 bits per heavy atom. The largest absolute Gasteiger partial charge is 0.494 e. The molecule has 2 aromatic carbocycles. The van der Waals surface area contributed by atoms with Gasteiger partial charge in [0.2, 0.25) is 5.82 Å². The van der Waals surface area contributed by atoms with Crippen LogP contribution in [0.4, 0.5) is 8.78 Å². The van der Waals surface area contributed by atoms with Crippen molar-refractivity contribution in [3.8, 4) is 5.75 Å². The van der Waals surface area contributed by atoms with Gasteiger partial charge in [-0.3, -0.25) is 0 Å². The van der Waals surface area contributed by atoms with Crippen LogP contribution in [0.5, 0.6) is 5.75 Å². The van der Waals surface area contributed by atoms with Crippen LogP contribution in [0.1, 0.15) is 22.8 Å². The molecular formula is C22H25ClF2O7. The molecular weight excluding hydrogens is 450 g/mol. The maximum Gasteiger partial charge on any atom is 0.200 e. The van der Waals surface area contributed by atoms with E-state index in [0.29, 0.717) is 11.1 Å². The van der Waals surface area contributed by atoms with E-state index in [9.17, 15) is 29.2 Å². The number of aliphatic hydroxyl groups excluding tert-OH is 4. The fourth-order valence-electron chi connectivity index (χ4n) is 3.85. The molecule has 10 heteroatoms. The van der Waals surface area contributed by atoms with Crippen LogP contribution in [-0.4, -0.2) is 71.8 Å². The maximum atomic E-state index is 14.4. The number of ether oxygens (including phenoxy) is 3. The molecule has 1 aliphatic heterocycles. The highest BCUT2D eigenvalue weighted by molar-refractivity contribution is 6.31. The van der Waals surface area contributed by atoms with E-state index >= 15 is 0 Å². The van der Waals surface area contributed by atoms with Gasteiger partial charge in [0.05, 0.1) is 20.3 Å². The van der Waals surface area contributed by atoms with Gasteiger partial charge in [0.25, 0.3) is 0 Å². The lowest BCUT2D eigenvalue weighted by Crippen LogP contribution is -2.65. The molecule has 1 heterocycles. The van der Waals surface area contributed by atoms with Crippen molar-refractivity contribution in [3.05, 3.63) is 63.7 Å². The first kappa shape index (κ1) is 24.8. The summed E-state index contributed by atoms with van der Waals surface area (Å²) in [6, 6.07) is 7.23. The second-order valence-corrected chi connectivity index (χ2v) is 8.11. The Kier molecular flexibility index (Phi) is 7.72. The van der Waals surface area contributed by atoms with Gasteiger partial charge < -0.3 is 34.6 Å². The molecule has 0 aliphatic carbocycles. The summed E-state index contributed by atoms with van der Waals surface area (Å²) < 4.78 is 44.2. The van der Waals surface area contributed by atoms with Gasteiger partial charge in [0, 0.05) is 18.6 Å². The molecule has 0 aromatic heterocycles. The fourth-order valence-corrected chi connectivity index (χ4v) is 4.04. The molecule has 176 valence electrons. The molecule has 0 amide bonds. The van der Waals surface area contributed by atoms with Gasteiger partial charge in [-0.15, -0.1) is 0 Å². The highest BCUT2D eigenvalue weighted by atomic mass is 35.5. The van der Waals surface area contributed by atoms with Crippen LogP contribution in [-0.2, 0) is 15.9 Å². The summed E-state index contributed by atoms with van der Waals surface area (Å²) in [5.74, 6) is -2.42. The lowest BCUT2D eigenvalue weighted by molar-refractivity contribution is -0.291. The molecule has 0 spiro atoms. The zero-order valence-electron chi connectivity index (χ0n) is 17.5. The van der Waals surface area contributed by atoms with Gasteiger partial charge in [0.1, 0.15) is 30.0 Å². The van der Waals surface area contributed by atoms with Crippen molar-refractivity contribution >= 4 is 11.6 Å². The van der Waals surface area contributed by atoms with E-state index in [4.69, 9.17) is 25.8 Å². The van der Waals surface area contributed by atoms with E-state index < -0.39 is 48.3 Å². The fraction of sp³-hybridized carbons (Fsp3) is 0.455. The Morgan fingerprint density at radius 3 is 2.38 bits per heavy atom. The van der Waals surface area contributed by atoms with Crippen LogP contribution in [0.15, 0.2) is 30.3 Å². The molecule has 1 fully saturated rings. The Balaban J connectivity index is 1.96. The molecule has 1 unspecified atom stereocenters. The van der Waals surface area contributed by atoms with Crippen molar-refractivity contribution in [3.63, 3.8) is 0 Å². The summed E-state index contributed by atoms with van der Waals surface area (Å²) in [6.07, 6.45) is -6.02. The predicted molar refractivity (Wildman–Crippen MR) is 111 cm³/mol. The van der Waals surface area contributed by atoms with E-state index in [1.807, 2.05) is 0 Å². The van der Waals surface area contributed by atoms with Gasteiger partial charge >= 0.3 is 0 Å². The molecule has 0 saturated carbocycles. The molecule has 1 aliphatic rings. The number of rotatable bonds is 7. The number of halogens is 3. The number of benzene rings is 2. The first-order chi connectivity index (χ1) is 15.2. The standard InChI is InChI=1S/C22H25ClF2O7/c1-30-10-22(9-26)21(29)19(28)18(27)20(32-22)12-3-5-14(23)13(8-12)7-11-4-6-15(31-2)17(25)16(11)24/h3-6,8,18-21,26-29H,7,9-10H2,1-2H3/t18-,19-,20+,21+,22?/m1/s1.